The van der Waals surface area contributed by atoms with Crippen molar-refractivity contribution in [3.8, 4) is 0 Å². The summed E-state index contributed by atoms with van der Waals surface area (Å²) in [7, 11) is -0.658. The quantitative estimate of drug-likeness (QED) is 0.729. The molecule has 2 amide bonds. The molecular weight excluding hydrogens is 306 g/mol. The number of β-amino-alcohol motifs (C(OH)–C–C–N with tert-alkyl or cyclic N) is 1. The molecule has 2 heterocycles. The Morgan fingerprint density at radius 2 is 2.20 bits per heavy atom. The predicted molar refractivity (Wildman–Crippen MR) is 74.8 cm³/mol. The highest BCUT2D eigenvalue weighted by Crippen LogP contribution is 2.27. The average molecular weight is 323 g/mol. The molecule has 2 aliphatic heterocycles. The number of thioether (sulfide) groups is 1. The van der Waals surface area contributed by atoms with Crippen LogP contribution < -0.4 is 0 Å². The van der Waals surface area contributed by atoms with Crippen LogP contribution in [0, 0.1) is 0 Å². The average Bonchev–Trinajstić information content (AvgIpc) is 2.95. The first-order valence-corrected chi connectivity index (χ1v) is 8.35. The number of nitrogens with zero attached hydrogens (tertiary/aromatic N) is 5. The van der Waals surface area contributed by atoms with Crippen LogP contribution in [0.15, 0.2) is 5.10 Å². The third-order valence-corrected chi connectivity index (χ3v) is 5.94. The third-order valence-electron chi connectivity index (χ3n) is 3.08. The highest BCUT2D eigenvalue weighted by molar-refractivity contribution is 8.14. The molecule has 11 heteroatoms. The van der Waals surface area contributed by atoms with E-state index in [1.165, 1.54) is 11.9 Å². The minimum Gasteiger partial charge on any atom is -0.371 e. The smallest absolute Gasteiger partial charge is 0.328 e. The van der Waals surface area contributed by atoms with Crippen molar-refractivity contribution in [2.75, 3.05) is 33.1 Å². The van der Waals surface area contributed by atoms with Crippen molar-refractivity contribution in [3.05, 3.63) is 0 Å². The third kappa shape index (κ3) is 2.45. The van der Waals surface area contributed by atoms with Gasteiger partial charge in [-0.1, -0.05) is 18.7 Å². The lowest BCUT2D eigenvalue weighted by Crippen LogP contribution is -2.39. The summed E-state index contributed by atoms with van der Waals surface area (Å²) in [6, 6.07) is -0.396. The fourth-order valence-corrected chi connectivity index (χ4v) is 4.10. The molecule has 2 aliphatic rings. The van der Waals surface area contributed by atoms with E-state index in [0.29, 0.717) is 6.54 Å². The number of likely N-dealkylation sites (N-methyl/N-ethyl adjacent to an activating group) is 1. The van der Waals surface area contributed by atoms with Gasteiger partial charge in [0.15, 0.2) is 11.4 Å². The second kappa shape index (κ2) is 5.39. The molecule has 20 heavy (non-hydrogen) atoms. The Kier molecular flexibility index (Phi) is 4.14. The van der Waals surface area contributed by atoms with Gasteiger partial charge in [-0.05, 0) is 0 Å². The summed E-state index contributed by atoms with van der Waals surface area (Å²) in [4.78, 5) is 14.3. The van der Waals surface area contributed by atoms with Crippen LogP contribution in [0.2, 0.25) is 0 Å². The van der Waals surface area contributed by atoms with Gasteiger partial charge < -0.3 is 10.0 Å². The van der Waals surface area contributed by atoms with Gasteiger partial charge in [0.1, 0.15) is 5.88 Å². The molecule has 9 nitrogen and oxygen atoms in total. The topological polar surface area (TPSA) is 96.8 Å². The molecule has 2 rings (SSSR count). The minimum atomic E-state index is -3.67. The number of carbonyl (C=O) groups is 1. The number of carbonyl (C=O) groups excluding carboxylic acids is 1. The van der Waals surface area contributed by atoms with E-state index < -0.39 is 22.5 Å². The van der Waals surface area contributed by atoms with Crippen LogP contribution in [0.5, 0.6) is 0 Å². The van der Waals surface area contributed by atoms with E-state index in [2.05, 4.69) is 5.10 Å². The summed E-state index contributed by atoms with van der Waals surface area (Å²) in [5, 5.41) is 14.0. The van der Waals surface area contributed by atoms with Gasteiger partial charge in [-0.3, -0.25) is 0 Å². The van der Waals surface area contributed by atoms with Gasteiger partial charge in [-0.15, -0.1) is 5.10 Å². The monoisotopic (exact) mass is 323 g/mol. The van der Waals surface area contributed by atoms with Crippen molar-refractivity contribution in [2.24, 2.45) is 5.10 Å². The van der Waals surface area contributed by atoms with Crippen LogP contribution >= 0.6 is 11.8 Å². The number of rotatable bonds is 3. The zero-order chi connectivity index (χ0) is 15.1. The second-order valence-electron chi connectivity index (χ2n) is 4.41. The summed E-state index contributed by atoms with van der Waals surface area (Å²) in [6.45, 7) is 2.20. The summed E-state index contributed by atoms with van der Waals surface area (Å²) in [5.74, 6) is 0.0855. The number of amidine groups is 1. The molecule has 0 aliphatic carbocycles. The summed E-state index contributed by atoms with van der Waals surface area (Å²) < 4.78 is 26.3. The normalized spacial score (nSPS) is 24.1. The molecule has 1 saturated heterocycles. The Morgan fingerprint density at radius 3 is 2.70 bits per heavy atom. The molecule has 1 atom stereocenters. The predicted octanol–water partition coefficient (Wildman–Crippen LogP) is -0.854. The number of amides is 2. The first-order valence-electron chi connectivity index (χ1n) is 5.96. The van der Waals surface area contributed by atoms with E-state index >= 15 is 0 Å². The number of urea groups is 1. The highest BCUT2D eigenvalue weighted by atomic mass is 32.2. The standard InChI is InChI=1S/C9H17N5O4S2/c1-4-12(3)20(17,18)13-6-19-8(10-13)14-7(15)5-11(2)9(14)16/h7,15H,4-6H2,1-3H3. The summed E-state index contributed by atoms with van der Waals surface area (Å²) in [6.07, 6.45) is -1.01. The van der Waals surface area contributed by atoms with Crippen LogP contribution in [-0.2, 0) is 10.2 Å². The SMILES string of the molecule is CCN(C)S(=O)(=O)N1CSC(N2C(=O)N(C)CC2O)=N1. The number of hydrogen-bond acceptors (Lipinski definition) is 6. The van der Waals surface area contributed by atoms with Crippen LogP contribution in [0.4, 0.5) is 4.79 Å². The van der Waals surface area contributed by atoms with Crippen molar-refractivity contribution >= 4 is 33.2 Å². The van der Waals surface area contributed by atoms with Gasteiger partial charge in [-0.25, -0.2) is 9.69 Å². The Morgan fingerprint density at radius 1 is 1.55 bits per heavy atom. The lowest BCUT2D eigenvalue weighted by Gasteiger charge is -2.20. The van der Waals surface area contributed by atoms with E-state index in [1.54, 1.807) is 14.0 Å². The molecule has 0 aromatic heterocycles. The fraction of sp³-hybridized carbons (Fsp3) is 0.778. The molecule has 0 bridgehead atoms. The van der Waals surface area contributed by atoms with Crippen LogP contribution in [-0.4, -0.2) is 82.5 Å². The first kappa shape index (κ1) is 15.4. The zero-order valence-electron chi connectivity index (χ0n) is 11.4. The maximum Gasteiger partial charge on any atom is 0.328 e. The molecular formula is C9H17N5O4S2. The van der Waals surface area contributed by atoms with Crippen molar-refractivity contribution in [2.45, 2.75) is 13.2 Å². The number of hydrogen-bond donors (Lipinski definition) is 1. The zero-order valence-corrected chi connectivity index (χ0v) is 13.1. The number of aliphatic hydroxyl groups is 1. The van der Waals surface area contributed by atoms with E-state index in [9.17, 15) is 18.3 Å². The van der Waals surface area contributed by atoms with Crippen molar-refractivity contribution in [3.63, 3.8) is 0 Å². The minimum absolute atomic E-state index is 0.0855. The molecule has 0 aromatic carbocycles. The number of aliphatic hydroxyl groups excluding tert-OH is 1. The molecule has 0 spiro atoms. The van der Waals surface area contributed by atoms with Gasteiger partial charge in [0, 0.05) is 20.6 Å². The van der Waals surface area contributed by atoms with Crippen LogP contribution in [0.3, 0.4) is 0 Å². The molecule has 1 N–H and O–H groups in total. The van der Waals surface area contributed by atoms with E-state index in [4.69, 9.17) is 0 Å². The van der Waals surface area contributed by atoms with Crippen molar-refractivity contribution in [1.82, 2.24) is 18.5 Å². The molecule has 0 saturated carbocycles. The molecule has 114 valence electrons. The molecule has 1 fully saturated rings. The lowest BCUT2D eigenvalue weighted by molar-refractivity contribution is 0.105. The van der Waals surface area contributed by atoms with Crippen molar-refractivity contribution in [1.29, 1.82) is 0 Å². The van der Waals surface area contributed by atoms with Gasteiger partial charge in [0.2, 0.25) is 0 Å². The molecule has 0 aromatic rings. The second-order valence-corrected chi connectivity index (χ2v) is 7.27. The first-order chi connectivity index (χ1) is 9.28. The van der Waals surface area contributed by atoms with Gasteiger partial charge in [-0.2, -0.15) is 17.1 Å². The maximum atomic E-state index is 12.1. The Labute approximate surface area is 122 Å². The van der Waals surface area contributed by atoms with E-state index in [1.807, 2.05) is 0 Å². The van der Waals surface area contributed by atoms with Gasteiger partial charge in [0.05, 0.1) is 6.54 Å². The van der Waals surface area contributed by atoms with Gasteiger partial charge in [0.25, 0.3) is 0 Å². The van der Waals surface area contributed by atoms with Crippen LogP contribution in [0.25, 0.3) is 0 Å². The van der Waals surface area contributed by atoms with E-state index in [-0.39, 0.29) is 17.6 Å². The maximum absolute atomic E-state index is 12.1. The Hall–Kier alpha value is -1.04. The molecule has 1 unspecified atom stereocenters. The summed E-state index contributed by atoms with van der Waals surface area (Å²) in [5.41, 5.74) is 0. The van der Waals surface area contributed by atoms with Gasteiger partial charge >= 0.3 is 16.2 Å². The lowest BCUT2D eigenvalue weighted by atomic mass is 10.5. The van der Waals surface area contributed by atoms with Crippen LogP contribution in [0.1, 0.15) is 6.92 Å². The molecule has 0 radical (unpaired) electrons. The highest BCUT2D eigenvalue weighted by Gasteiger charge is 2.41. The van der Waals surface area contributed by atoms with E-state index in [0.717, 1.165) is 25.4 Å². The largest absolute Gasteiger partial charge is 0.371 e. The van der Waals surface area contributed by atoms with Crippen molar-refractivity contribution < 1.29 is 18.3 Å². The Balaban J connectivity index is 2.21. The Bertz CT molecular complexity index is 536. The fourth-order valence-electron chi connectivity index (χ4n) is 1.75. The number of hydrazone groups is 1. The summed E-state index contributed by atoms with van der Waals surface area (Å²) >= 11 is 1.10.